The molecule has 0 aliphatic rings. The van der Waals surface area contributed by atoms with Gasteiger partial charge in [-0.15, -0.1) is 12.4 Å². The molecule has 1 heterocycles. The highest BCUT2D eigenvalue weighted by atomic mass is 35.5. The minimum Gasteiger partial charge on any atom is -0.358 e. The molecule has 0 atom stereocenters. The van der Waals surface area contributed by atoms with Gasteiger partial charge in [-0.3, -0.25) is 4.79 Å². The van der Waals surface area contributed by atoms with Gasteiger partial charge in [-0.2, -0.15) is 0 Å². The predicted molar refractivity (Wildman–Crippen MR) is 139 cm³/mol. The molecule has 2 N–H and O–H groups in total. The summed E-state index contributed by atoms with van der Waals surface area (Å²) in [7, 11) is -3.29. The Morgan fingerprint density at radius 2 is 1.70 bits per heavy atom. The van der Waals surface area contributed by atoms with Crippen molar-refractivity contribution >= 4 is 44.7 Å². The van der Waals surface area contributed by atoms with E-state index in [0.717, 1.165) is 42.7 Å². The molecule has 0 unspecified atom stereocenters. The fourth-order valence-corrected chi connectivity index (χ4v) is 5.32. The maximum atomic E-state index is 12.7. The van der Waals surface area contributed by atoms with Gasteiger partial charge in [0.2, 0.25) is 0 Å². The minimum absolute atomic E-state index is 0. The Morgan fingerprint density at radius 3 is 2.30 bits per heavy atom. The van der Waals surface area contributed by atoms with Crippen LogP contribution in [0.5, 0.6) is 0 Å². The van der Waals surface area contributed by atoms with Crippen molar-refractivity contribution in [1.82, 2.24) is 9.88 Å². The van der Waals surface area contributed by atoms with Crippen LogP contribution in [-0.2, 0) is 16.3 Å². The Morgan fingerprint density at radius 1 is 1.03 bits per heavy atom. The minimum atomic E-state index is -3.29. The highest BCUT2D eigenvalue weighted by Crippen LogP contribution is 2.26. The summed E-state index contributed by atoms with van der Waals surface area (Å²) in [6.07, 6.45) is 1.50. The van der Waals surface area contributed by atoms with Gasteiger partial charge in [-0.25, -0.2) is 8.42 Å². The van der Waals surface area contributed by atoms with Crippen molar-refractivity contribution in [3.05, 3.63) is 59.3 Å². The van der Waals surface area contributed by atoms with Crippen molar-refractivity contribution in [1.29, 1.82) is 0 Å². The second-order valence-corrected chi connectivity index (χ2v) is 10.2. The first-order chi connectivity index (χ1) is 15.3. The van der Waals surface area contributed by atoms with Crippen LogP contribution in [0.15, 0.2) is 47.4 Å². The highest BCUT2D eigenvalue weighted by molar-refractivity contribution is 7.91. The molecule has 0 bridgehead atoms. The Bertz CT molecular complexity index is 1180. The van der Waals surface area contributed by atoms with E-state index in [1.807, 2.05) is 25.1 Å². The number of hydrogen-bond acceptors (Lipinski definition) is 4. The van der Waals surface area contributed by atoms with Crippen molar-refractivity contribution in [2.45, 2.75) is 45.4 Å². The van der Waals surface area contributed by atoms with Crippen molar-refractivity contribution in [2.75, 3.05) is 30.7 Å². The third kappa shape index (κ3) is 6.37. The highest BCUT2D eigenvalue weighted by Gasteiger charge is 2.15. The number of anilines is 1. The molecule has 0 saturated carbocycles. The van der Waals surface area contributed by atoms with Crippen LogP contribution in [0.25, 0.3) is 10.9 Å². The summed E-state index contributed by atoms with van der Waals surface area (Å²) in [4.78, 5) is 18.8. The van der Waals surface area contributed by atoms with Crippen LogP contribution in [0, 0.1) is 6.92 Å². The summed E-state index contributed by atoms with van der Waals surface area (Å²) in [6.45, 7) is 11.3. The van der Waals surface area contributed by atoms with Gasteiger partial charge in [0.25, 0.3) is 5.91 Å². The lowest BCUT2D eigenvalue weighted by Gasteiger charge is -2.17. The first kappa shape index (κ1) is 26.9. The lowest BCUT2D eigenvalue weighted by molar-refractivity contribution is 0.102. The topological polar surface area (TPSA) is 82.3 Å². The average molecular weight is 492 g/mol. The predicted octanol–water partition coefficient (Wildman–Crippen LogP) is 5.22. The number of carbonyl (C=O) groups is 1. The molecule has 0 fully saturated rings. The Labute approximate surface area is 203 Å². The molecule has 33 heavy (non-hydrogen) atoms. The van der Waals surface area contributed by atoms with Crippen LogP contribution in [0.4, 0.5) is 5.69 Å². The smallest absolute Gasteiger partial charge is 0.255 e. The third-order valence-corrected chi connectivity index (χ3v) is 7.83. The number of nitrogens with one attached hydrogen (secondary N) is 2. The van der Waals surface area contributed by atoms with E-state index in [9.17, 15) is 13.2 Å². The van der Waals surface area contributed by atoms with Gasteiger partial charge in [0.1, 0.15) is 0 Å². The second kappa shape index (κ2) is 11.7. The van der Waals surface area contributed by atoms with Gasteiger partial charge in [0.05, 0.1) is 10.6 Å². The van der Waals surface area contributed by atoms with Crippen LogP contribution in [0.1, 0.15) is 48.8 Å². The number of nitrogens with zero attached hydrogens (tertiary/aromatic N) is 1. The van der Waals surface area contributed by atoms with E-state index in [0.29, 0.717) is 17.7 Å². The largest absolute Gasteiger partial charge is 0.358 e. The molecule has 180 valence electrons. The van der Waals surface area contributed by atoms with Gasteiger partial charge in [0.15, 0.2) is 9.84 Å². The van der Waals surface area contributed by atoms with E-state index in [2.05, 4.69) is 36.0 Å². The van der Waals surface area contributed by atoms with Crippen LogP contribution < -0.4 is 5.32 Å². The first-order valence-corrected chi connectivity index (χ1v) is 12.9. The maximum Gasteiger partial charge on any atom is 0.255 e. The summed E-state index contributed by atoms with van der Waals surface area (Å²) in [5.74, 6) is -0.161. The van der Waals surface area contributed by atoms with Gasteiger partial charge in [-0.05, 0) is 80.9 Å². The molecule has 1 amide bonds. The number of halogens is 1. The normalized spacial score (nSPS) is 11.5. The number of rotatable bonds is 10. The molecule has 8 heteroatoms. The molecule has 0 saturated heterocycles. The molecular weight excluding hydrogens is 458 g/mol. The Balaban J connectivity index is 0.00000385. The van der Waals surface area contributed by atoms with Crippen molar-refractivity contribution in [3.8, 4) is 0 Å². The molecule has 0 spiro atoms. The Kier molecular flexibility index (Phi) is 9.52. The first-order valence-electron chi connectivity index (χ1n) is 11.3. The molecule has 6 nitrogen and oxygen atoms in total. The van der Waals surface area contributed by atoms with Gasteiger partial charge in [-0.1, -0.05) is 20.8 Å². The number of likely N-dealkylation sites (N-methyl/N-ethyl adjacent to an activating group) is 1. The maximum absolute atomic E-state index is 12.7. The summed E-state index contributed by atoms with van der Waals surface area (Å²) in [5, 5.41) is 4.06. The molecule has 0 aliphatic heterocycles. The Hall–Kier alpha value is -2.35. The molecule has 0 radical (unpaired) electrons. The zero-order chi connectivity index (χ0) is 23.3. The zero-order valence-electron chi connectivity index (χ0n) is 19.8. The molecular formula is C25H34ClN3O3S. The number of fused-ring (bicyclic) bond motifs is 1. The number of carbonyl (C=O) groups excluding carboxylic acids is 1. The number of sulfone groups is 1. The van der Waals surface area contributed by atoms with Crippen molar-refractivity contribution < 1.29 is 13.2 Å². The summed E-state index contributed by atoms with van der Waals surface area (Å²) >= 11 is 0. The number of aromatic amines is 1. The second-order valence-electron chi connectivity index (χ2n) is 8.06. The molecule has 1 aromatic heterocycles. The van der Waals surface area contributed by atoms with Crippen LogP contribution in [-0.4, -0.2) is 49.6 Å². The number of benzene rings is 2. The van der Waals surface area contributed by atoms with E-state index in [1.165, 1.54) is 17.7 Å². The van der Waals surface area contributed by atoms with E-state index in [-0.39, 0.29) is 29.0 Å². The monoisotopic (exact) mass is 491 g/mol. The number of aryl methyl sites for hydroxylation is 1. The third-order valence-electron chi connectivity index (χ3n) is 5.90. The van der Waals surface area contributed by atoms with Crippen molar-refractivity contribution in [2.24, 2.45) is 0 Å². The fraction of sp³-hybridized carbons (Fsp3) is 0.400. The molecule has 3 rings (SSSR count). The SMILES string of the molecule is CCCS(=O)(=O)c1ccc(C(=O)Nc2ccc3[nH]c(C)c(CCN(CC)CC)c3c2)cc1.Cl. The summed E-state index contributed by atoms with van der Waals surface area (Å²) in [5.41, 5.74) is 4.62. The number of aromatic nitrogens is 1. The lowest BCUT2D eigenvalue weighted by atomic mass is 10.1. The van der Waals surface area contributed by atoms with E-state index in [4.69, 9.17) is 0 Å². The van der Waals surface area contributed by atoms with Crippen molar-refractivity contribution in [3.63, 3.8) is 0 Å². The van der Waals surface area contributed by atoms with Gasteiger partial charge in [0, 0.05) is 34.4 Å². The van der Waals surface area contributed by atoms with Gasteiger partial charge >= 0.3 is 0 Å². The molecule has 0 aliphatic carbocycles. The van der Waals surface area contributed by atoms with E-state index < -0.39 is 9.84 Å². The summed E-state index contributed by atoms with van der Waals surface area (Å²) in [6, 6.07) is 12.0. The van der Waals surface area contributed by atoms with E-state index >= 15 is 0 Å². The lowest BCUT2D eigenvalue weighted by Crippen LogP contribution is -2.25. The van der Waals surface area contributed by atoms with Crippen LogP contribution >= 0.6 is 12.4 Å². The summed E-state index contributed by atoms with van der Waals surface area (Å²) < 4.78 is 24.4. The molecule has 3 aromatic rings. The standard InChI is InChI=1S/C25H33N3O3S.ClH/c1-5-16-32(30,31)21-11-8-19(9-12-21)25(29)27-20-10-13-24-23(17-20)22(18(4)26-24)14-15-28(6-2)7-3;/h8-13,17,26H,5-7,14-16H2,1-4H3,(H,27,29);1H. The molecule has 2 aromatic carbocycles. The number of H-pyrrole nitrogens is 1. The van der Waals surface area contributed by atoms with Crippen LogP contribution in [0.2, 0.25) is 0 Å². The van der Waals surface area contributed by atoms with E-state index in [1.54, 1.807) is 12.1 Å². The fourth-order valence-electron chi connectivity index (χ4n) is 4.00. The number of hydrogen-bond donors (Lipinski definition) is 2. The van der Waals surface area contributed by atoms with Gasteiger partial charge < -0.3 is 15.2 Å². The quantitative estimate of drug-likeness (QED) is 0.407. The van der Waals surface area contributed by atoms with Crippen LogP contribution in [0.3, 0.4) is 0 Å². The average Bonchev–Trinajstić information content (AvgIpc) is 3.09. The zero-order valence-corrected chi connectivity index (χ0v) is 21.4. The number of amides is 1.